The summed E-state index contributed by atoms with van der Waals surface area (Å²) in [4.78, 5) is 23.7. The molecule has 2 aliphatic heterocycles. The van der Waals surface area contributed by atoms with E-state index in [1.54, 1.807) is 34.1 Å². The van der Waals surface area contributed by atoms with Crippen LogP contribution in [-0.2, 0) is 19.0 Å². The average molecular weight is 453 g/mol. The van der Waals surface area contributed by atoms with E-state index in [0.717, 1.165) is 5.56 Å². The third-order valence-corrected chi connectivity index (χ3v) is 5.79. The number of nitrogens with zero attached hydrogens (tertiary/aromatic N) is 5. The molecule has 5 rings (SSSR count). The number of aromatic nitrogens is 4. The van der Waals surface area contributed by atoms with Crippen molar-refractivity contribution in [3.05, 3.63) is 60.4 Å². The third kappa shape index (κ3) is 4.50. The Morgan fingerprint density at radius 1 is 1.06 bits per heavy atom. The first-order chi connectivity index (χ1) is 16.1. The average Bonchev–Trinajstić information content (AvgIpc) is 3.31. The summed E-state index contributed by atoms with van der Waals surface area (Å²) in [6, 6.07) is 9.60. The molecule has 2 aliphatic rings. The maximum absolute atomic E-state index is 13.5. The lowest BCUT2D eigenvalue weighted by molar-refractivity contribution is -0.170. The summed E-state index contributed by atoms with van der Waals surface area (Å²) in [6.45, 7) is 3.54. The number of pyridine rings is 1. The van der Waals surface area contributed by atoms with E-state index in [0.29, 0.717) is 43.7 Å². The second-order valence-corrected chi connectivity index (χ2v) is 8.14. The molecule has 4 heterocycles. The first-order valence-electron chi connectivity index (χ1n) is 10.8. The lowest BCUT2D eigenvalue weighted by atomic mass is 10.1. The van der Waals surface area contributed by atoms with Crippen LogP contribution < -0.4 is 0 Å². The molecule has 9 nitrogen and oxygen atoms in total. The summed E-state index contributed by atoms with van der Waals surface area (Å²) < 4.78 is 31.8. The monoisotopic (exact) mass is 453 g/mol. The molecule has 10 heteroatoms. The number of hydrogen-bond acceptors (Lipinski definition) is 7. The third-order valence-electron chi connectivity index (χ3n) is 5.79. The Bertz CT molecular complexity index is 1100. The Hall–Kier alpha value is -3.21. The molecule has 2 atom stereocenters. The van der Waals surface area contributed by atoms with Gasteiger partial charge in [0, 0.05) is 18.0 Å². The van der Waals surface area contributed by atoms with Gasteiger partial charge in [-0.2, -0.15) is 0 Å². The Morgan fingerprint density at radius 2 is 1.79 bits per heavy atom. The molecule has 172 valence electrons. The van der Waals surface area contributed by atoms with E-state index in [-0.39, 0.29) is 30.5 Å². The van der Waals surface area contributed by atoms with Gasteiger partial charge in [-0.25, -0.2) is 14.1 Å². The molecule has 2 unspecified atom stereocenters. The number of carbonyl (C=O) groups is 1. The van der Waals surface area contributed by atoms with Crippen molar-refractivity contribution in [1.29, 1.82) is 0 Å². The Morgan fingerprint density at radius 3 is 2.52 bits per heavy atom. The van der Waals surface area contributed by atoms with E-state index in [4.69, 9.17) is 24.3 Å². The Labute approximate surface area is 190 Å². The van der Waals surface area contributed by atoms with Crippen LogP contribution in [0.1, 0.15) is 18.9 Å². The smallest absolute Gasteiger partial charge is 0.230 e. The first kappa shape index (κ1) is 21.6. The van der Waals surface area contributed by atoms with Crippen LogP contribution in [0, 0.1) is 11.7 Å². The standard InChI is InChI=1S/C23H24FN5O4/c1-15-11-33-20(10-28(15)23(30)17-12-31-14-32-13-17)21-26-22(16-6-8-25-9-7-16)29(27-21)19-4-2-18(24)3-5-19/h2-9,15,17,20H,10-14H2,1H3. The fraction of sp³-hybridized carbons (Fsp3) is 0.391. The van der Waals surface area contributed by atoms with Gasteiger partial charge in [0.05, 0.1) is 44.0 Å². The molecule has 1 aromatic carbocycles. The van der Waals surface area contributed by atoms with Gasteiger partial charge in [-0.15, -0.1) is 5.10 Å². The van der Waals surface area contributed by atoms with Crippen molar-refractivity contribution in [3.63, 3.8) is 0 Å². The van der Waals surface area contributed by atoms with Gasteiger partial charge in [0.2, 0.25) is 5.91 Å². The zero-order valence-electron chi connectivity index (χ0n) is 18.1. The molecule has 0 radical (unpaired) electrons. The topological polar surface area (TPSA) is 91.6 Å². The zero-order valence-corrected chi connectivity index (χ0v) is 18.1. The van der Waals surface area contributed by atoms with E-state index in [2.05, 4.69) is 4.98 Å². The van der Waals surface area contributed by atoms with E-state index < -0.39 is 6.10 Å². The molecule has 0 bridgehead atoms. The lowest BCUT2D eigenvalue weighted by Crippen LogP contribution is -2.52. The number of ether oxygens (including phenoxy) is 3. The van der Waals surface area contributed by atoms with Crippen LogP contribution in [0.4, 0.5) is 4.39 Å². The fourth-order valence-electron chi connectivity index (χ4n) is 4.00. The number of halogens is 1. The minimum atomic E-state index is -0.502. The van der Waals surface area contributed by atoms with Crippen LogP contribution in [0.15, 0.2) is 48.8 Å². The summed E-state index contributed by atoms with van der Waals surface area (Å²) in [5.41, 5.74) is 1.47. The molecule has 3 aromatic rings. The molecule has 1 amide bonds. The van der Waals surface area contributed by atoms with E-state index in [1.807, 2.05) is 19.1 Å². The first-order valence-corrected chi connectivity index (χ1v) is 10.8. The van der Waals surface area contributed by atoms with Gasteiger partial charge in [-0.3, -0.25) is 9.78 Å². The number of hydrogen-bond donors (Lipinski definition) is 0. The van der Waals surface area contributed by atoms with Gasteiger partial charge in [-0.1, -0.05) is 0 Å². The molecule has 0 aliphatic carbocycles. The number of benzene rings is 1. The van der Waals surface area contributed by atoms with E-state index in [9.17, 15) is 9.18 Å². The van der Waals surface area contributed by atoms with Crippen molar-refractivity contribution < 1.29 is 23.4 Å². The number of morpholine rings is 1. The summed E-state index contributed by atoms with van der Waals surface area (Å²) in [6.07, 6.45) is 2.84. The minimum Gasteiger partial charge on any atom is -0.366 e. The molecular formula is C23H24FN5O4. The normalized spacial score (nSPS) is 21.8. The number of amides is 1. The highest BCUT2D eigenvalue weighted by molar-refractivity contribution is 5.79. The van der Waals surface area contributed by atoms with Gasteiger partial charge in [0.25, 0.3) is 0 Å². The molecule has 0 spiro atoms. The summed E-state index contributed by atoms with van der Waals surface area (Å²) in [5, 5.41) is 4.69. The maximum Gasteiger partial charge on any atom is 0.230 e. The van der Waals surface area contributed by atoms with Crippen molar-refractivity contribution in [3.8, 4) is 17.1 Å². The highest BCUT2D eigenvalue weighted by atomic mass is 19.1. The maximum atomic E-state index is 13.5. The van der Waals surface area contributed by atoms with Crippen molar-refractivity contribution in [2.45, 2.75) is 19.1 Å². The highest BCUT2D eigenvalue weighted by Gasteiger charge is 2.37. The molecule has 2 fully saturated rings. The number of carbonyl (C=O) groups excluding carboxylic acids is 1. The largest absolute Gasteiger partial charge is 0.366 e. The van der Waals surface area contributed by atoms with Gasteiger partial charge in [0.1, 0.15) is 18.7 Å². The molecule has 2 saturated heterocycles. The Balaban J connectivity index is 1.46. The van der Waals surface area contributed by atoms with Gasteiger partial charge in [-0.05, 0) is 43.3 Å². The fourth-order valence-corrected chi connectivity index (χ4v) is 4.00. The van der Waals surface area contributed by atoms with Crippen LogP contribution in [0.2, 0.25) is 0 Å². The van der Waals surface area contributed by atoms with Gasteiger partial charge in [0.15, 0.2) is 11.6 Å². The number of rotatable bonds is 4. The summed E-state index contributed by atoms with van der Waals surface area (Å²) in [5.74, 6) is 0.332. The van der Waals surface area contributed by atoms with Crippen molar-refractivity contribution in [1.82, 2.24) is 24.6 Å². The predicted octanol–water partition coefficient (Wildman–Crippen LogP) is 2.38. The van der Waals surface area contributed by atoms with E-state index in [1.165, 1.54) is 12.1 Å². The molecule has 0 N–H and O–H groups in total. The van der Waals surface area contributed by atoms with Crippen LogP contribution in [0.5, 0.6) is 0 Å². The van der Waals surface area contributed by atoms with Crippen LogP contribution in [-0.4, -0.2) is 69.8 Å². The SMILES string of the molecule is CC1COC(c2nc(-c3ccncc3)n(-c3ccc(F)cc3)n2)CN1C(=O)C1COCOC1. The van der Waals surface area contributed by atoms with Crippen molar-refractivity contribution in [2.75, 3.05) is 33.2 Å². The molecule has 33 heavy (non-hydrogen) atoms. The highest BCUT2D eigenvalue weighted by Crippen LogP contribution is 2.28. The summed E-state index contributed by atoms with van der Waals surface area (Å²) >= 11 is 0. The second kappa shape index (κ2) is 9.34. The van der Waals surface area contributed by atoms with Gasteiger partial charge < -0.3 is 19.1 Å². The summed E-state index contributed by atoms with van der Waals surface area (Å²) in [7, 11) is 0. The minimum absolute atomic E-state index is 0.0252. The second-order valence-electron chi connectivity index (χ2n) is 8.14. The van der Waals surface area contributed by atoms with Crippen LogP contribution in [0.3, 0.4) is 0 Å². The predicted molar refractivity (Wildman–Crippen MR) is 115 cm³/mol. The van der Waals surface area contributed by atoms with Crippen LogP contribution in [0.25, 0.3) is 17.1 Å². The van der Waals surface area contributed by atoms with Crippen molar-refractivity contribution >= 4 is 5.91 Å². The zero-order chi connectivity index (χ0) is 22.8. The van der Waals surface area contributed by atoms with Crippen molar-refractivity contribution in [2.24, 2.45) is 5.92 Å². The quantitative estimate of drug-likeness (QED) is 0.599. The molecule has 2 aromatic heterocycles. The molecule has 0 saturated carbocycles. The van der Waals surface area contributed by atoms with Crippen LogP contribution >= 0.6 is 0 Å². The van der Waals surface area contributed by atoms with E-state index >= 15 is 0 Å². The Kier molecular flexibility index (Phi) is 6.12. The lowest BCUT2D eigenvalue weighted by Gasteiger charge is -2.39. The molecular weight excluding hydrogens is 429 g/mol. The van der Waals surface area contributed by atoms with Gasteiger partial charge >= 0.3 is 0 Å².